The van der Waals surface area contributed by atoms with Gasteiger partial charge < -0.3 is 14.7 Å². The number of benzene rings is 2. The molecule has 2 N–H and O–H groups in total. The molecule has 1 atom stereocenters. The Kier molecular flexibility index (Phi) is 4.24. The van der Waals surface area contributed by atoms with E-state index in [-0.39, 0.29) is 23.1 Å². The lowest BCUT2D eigenvalue weighted by molar-refractivity contribution is 0.0895. The maximum Gasteiger partial charge on any atom is 0.287 e. The van der Waals surface area contributed by atoms with Gasteiger partial charge in [0.25, 0.3) is 5.91 Å². The van der Waals surface area contributed by atoms with Gasteiger partial charge in [0.2, 0.25) is 0 Å². The number of amides is 1. The molecule has 27 heavy (non-hydrogen) atoms. The third kappa shape index (κ3) is 3.21. The molecule has 0 aliphatic rings. The first-order valence-electron chi connectivity index (χ1n) is 8.81. The molecule has 2 aromatic heterocycles. The van der Waals surface area contributed by atoms with E-state index in [2.05, 4.69) is 15.3 Å². The molecule has 4 rings (SSSR count). The zero-order chi connectivity index (χ0) is 19.0. The van der Waals surface area contributed by atoms with Crippen LogP contribution in [0.25, 0.3) is 22.0 Å². The van der Waals surface area contributed by atoms with Gasteiger partial charge in [-0.25, -0.2) is 4.98 Å². The molecule has 1 amide bonds. The lowest BCUT2D eigenvalue weighted by Gasteiger charge is -2.20. The summed E-state index contributed by atoms with van der Waals surface area (Å²) in [6, 6.07) is 15.4. The van der Waals surface area contributed by atoms with E-state index in [1.807, 2.05) is 38.1 Å². The van der Waals surface area contributed by atoms with Crippen molar-refractivity contribution in [3.05, 3.63) is 76.4 Å². The number of para-hydroxylation sites is 3. The summed E-state index contributed by atoms with van der Waals surface area (Å²) in [6.07, 6.45) is 0. The second kappa shape index (κ2) is 6.72. The van der Waals surface area contributed by atoms with Crippen molar-refractivity contribution in [3.63, 3.8) is 0 Å². The molecule has 6 nitrogen and oxygen atoms in total. The van der Waals surface area contributed by atoms with Crippen LogP contribution in [0.4, 0.5) is 0 Å². The Morgan fingerprint density at radius 3 is 2.63 bits per heavy atom. The van der Waals surface area contributed by atoms with Gasteiger partial charge in [0.05, 0.1) is 22.5 Å². The molecule has 0 saturated heterocycles. The summed E-state index contributed by atoms with van der Waals surface area (Å²) in [5.74, 6) is 0.293. The van der Waals surface area contributed by atoms with Gasteiger partial charge in [-0.3, -0.25) is 9.59 Å². The summed E-state index contributed by atoms with van der Waals surface area (Å²) in [7, 11) is 0. The average Bonchev–Trinajstić information content (AvgIpc) is 3.09. The fraction of sp³-hybridized carbons (Fsp3) is 0.190. The zero-order valence-corrected chi connectivity index (χ0v) is 15.0. The number of nitrogens with one attached hydrogen (secondary N) is 2. The van der Waals surface area contributed by atoms with Crippen LogP contribution in [0.5, 0.6) is 0 Å². The Morgan fingerprint density at radius 1 is 1.11 bits per heavy atom. The number of rotatable bonds is 4. The van der Waals surface area contributed by atoms with Gasteiger partial charge in [0.15, 0.2) is 11.2 Å². The number of fused-ring (bicyclic) bond motifs is 2. The van der Waals surface area contributed by atoms with Gasteiger partial charge in [-0.2, -0.15) is 0 Å². The van der Waals surface area contributed by atoms with E-state index in [1.165, 1.54) is 6.07 Å². The molecular weight excluding hydrogens is 342 g/mol. The highest BCUT2D eigenvalue weighted by atomic mass is 16.3. The molecular formula is C21H19N3O3. The predicted octanol–water partition coefficient (Wildman–Crippen LogP) is 3.80. The number of aromatic amines is 1. The largest absolute Gasteiger partial charge is 0.451 e. The maximum atomic E-state index is 12.8. The molecule has 1 unspecified atom stereocenters. The van der Waals surface area contributed by atoms with E-state index in [4.69, 9.17) is 4.42 Å². The van der Waals surface area contributed by atoms with E-state index in [1.54, 1.807) is 24.3 Å². The van der Waals surface area contributed by atoms with Gasteiger partial charge in [-0.15, -0.1) is 0 Å². The molecule has 136 valence electrons. The Morgan fingerprint density at radius 2 is 1.85 bits per heavy atom. The molecule has 0 fully saturated rings. The van der Waals surface area contributed by atoms with Crippen molar-refractivity contribution in [3.8, 4) is 0 Å². The third-order valence-corrected chi connectivity index (χ3v) is 4.51. The highest BCUT2D eigenvalue weighted by Crippen LogP contribution is 2.23. The number of nitrogens with zero attached hydrogens (tertiary/aromatic N) is 1. The van der Waals surface area contributed by atoms with Crippen LogP contribution in [0.2, 0.25) is 0 Å². The first kappa shape index (κ1) is 17.0. The number of aromatic nitrogens is 2. The molecule has 0 radical (unpaired) electrons. The fourth-order valence-electron chi connectivity index (χ4n) is 3.10. The molecule has 0 bridgehead atoms. The number of H-pyrrole nitrogens is 1. The van der Waals surface area contributed by atoms with Crippen LogP contribution >= 0.6 is 0 Å². The summed E-state index contributed by atoms with van der Waals surface area (Å²) in [6.45, 7) is 3.99. The highest BCUT2D eigenvalue weighted by Gasteiger charge is 2.24. The van der Waals surface area contributed by atoms with Crippen molar-refractivity contribution in [1.29, 1.82) is 0 Å². The van der Waals surface area contributed by atoms with Gasteiger partial charge >= 0.3 is 0 Å². The molecule has 0 spiro atoms. The predicted molar refractivity (Wildman–Crippen MR) is 104 cm³/mol. The maximum absolute atomic E-state index is 12.8. The quantitative estimate of drug-likeness (QED) is 0.579. The van der Waals surface area contributed by atoms with Crippen LogP contribution < -0.4 is 10.7 Å². The third-order valence-electron chi connectivity index (χ3n) is 4.51. The van der Waals surface area contributed by atoms with Crippen LogP contribution in [0.3, 0.4) is 0 Å². The Bertz CT molecular complexity index is 1160. The van der Waals surface area contributed by atoms with Gasteiger partial charge in [0, 0.05) is 6.07 Å². The zero-order valence-electron chi connectivity index (χ0n) is 15.0. The summed E-state index contributed by atoms with van der Waals surface area (Å²) >= 11 is 0. The topological polar surface area (TPSA) is 88.0 Å². The highest BCUT2D eigenvalue weighted by molar-refractivity contribution is 5.93. The Labute approximate surface area is 155 Å². The van der Waals surface area contributed by atoms with Crippen molar-refractivity contribution in [2.75, 3.05) is 0 Å². The first-order chi connectivity index (χ1) is 13.0. The SMILES string of the molecule is CC(C)C(NC(=O)c1cc(=O)c2ccccc2o1)c1nc2ccccc2[nH]1. The van der Waals surface area contributed by atoms with Gasteiger partial charge in [0.1, 0.15) is 11.4 Å². The molecule has 0 aliphatic heterocycles. The van der Waals surface area contributed by atoms with Crippen molar-refractivity contribution in [2.45, 2.75) is 19.9 Å². The minimum Gasteiger partial charge on any atom is -0.451 e. The van der Waals surface area contributed by atoms with Crippen LogP contribution in [0, 0.1) is 5.92 Å². The van der Waals surface area contributed by atoms with Crippen LogP contribution in [0.1, 0.15) is 36.3 Å². The second-order valence-corrected chi connectivity index (χ2v) is 6.81. The Hall–Kier alpha value is -3.41. The van der Waals surface area contributed by atoms with Crippen molar-refractivity contribution >= 4 is 27.9 Å². The lowest BCUT2D eigenvalue weighted by atomic mass is 10.0. The summed E-state index contributed by atoms with van der Waals surface area (Å²) < 4.78 is 5.64. The smallest absolute Gasteiger partial charge is 0.287 e. The number of carbonyl (C=O) groups is 1. The normalized spacial score (nSPS) is 12.6. The van der Waals surface area contributed by atoms with E-state index >= 15 is 0 Å². The summed E-state index contributed by atoms with van der Waals surface area (Å²) in [5.41, 5.74) is 1.89. The molecule has 6 heteroatoms. The molecule has 2 aromatic carbocycles. The van der Waals surface area contributed by atoms with Gasteiger partial charge in [-0.05, 0) is 30.2 Å². The summed E-state index contributed by atoms with van der Waals surface area (Å²) in [5, 5.41) is 3.39. The molecule has 0 saturated carbocycles. The van der Waals surface area contributed by atoms with Crippen LogP contribution in [0.15, 0.2) is 63.8 Å². The minimum absolute atomic E-state index is 0.0135. The number of hydrogen-bond acceptors (Lipinski definition) is 4. The van der Waals surface area contributed by atoms with Crippen molar-refractivity contribution in [2.24, 2.45) is 5.92 Å². The standard InChI is InChI=1S/C21H19N3O3/c1-12(2)19(20-22-14-8-4-5-9-15(14)23-20)24-21(26)18-11-16(25)13-7-3-6-10-17(13)27-18/h3-12,19H,1-2H3,(H,22,23)(H,24,26). The minimum atomic E-state index is -0.447. The monoisotopic (exact) mass is 361 g/mol. The number of hydrogen-bond donors (Lipinski definition) is 2. The first-order valence-corrected chi connectivity index (χ1v) is 8.81. The summed E-state index contributed by atoms with van der Waals surface area (Å²) in [4.78, 5) is 32.9. The van der Waals surface area contributed by atoms with E-state index in [0.29, 0.717) is 16.8 Å². The molecule has 4 aromatic rings. The van der Waals surface area contributed by atoms with Crippen LogP contribution in [-0.2, 0) is 0 Å². The molecule has 0 aliphatic carbocycles. The van der Waals surface area contributed by atoms with E-state index in [0.717, 1.165) is 11.0 Å². The number of imidazole rings is 1. The van der Waals surface area contributed by atoms with Gasteiger partial charge in [-0.1, -0.05) is 38.1 Å². The van der Waals surface area contributed by atoms with Crippen molar-refractivity contribution in [1.82, 2.24) is 15.3 Å². The second-order valence-electron chi connectivity index (χ2n) is 6.81. The fourth-order valence-corrected chi connectivity index (χ4v) is 3.10. The van der Waals surface area contributed by atoms with E-state index < -0.39 is 5.91 Å². The van der Waals surface area contributed by atoms with E-state index in [9.17, 15) is 9.59 Å². The Balaban J connectivity index is 1.67. The lowest BCUT2D eigenvalue weighted by Crippen LogP contribution is -2.33. The van der Waals surface area contributed by atoms with Crippen molar-refractivity contribution < 1.29 is 9.21 Å². The average molecular weight is 361 g/mol. The number of carbonyl (C=O) groups excluding carboxylic acids is 1. The molecule has 2 heterocycles. The van der Waals surface area contributed by atoms with Crippen LogP contribution in [-0.4, -0.2) is 15.9 Å².